The van der Waals surface area contributed by atoms with Gasteiger partial charge < -0.3 is 19.9 Å². The lowest BCUT2D eigenvalue weighted by atomic mass is 9.79. The Labute approximate surface area is 200 Å². The average molecular weight is 470 g/mol. The zero-order valence-electron chi connectivity index (χ0n) is 19.2. The summed E-state index contributed by atoms with van der Waals surface area (Å²) in [4.78, 5) is 30.3. The number of amides is 1. The zero-order valence-corrected chi connectivity index (χ0v) is 19.9. The van der Waals surface area contributed by atoms with Crippen molar-refractivity contribution in [3.8, 4) is 0 Å². The molecule has 2 fully saturated rings. The number of anilines is 2. The van der Waals surface area contributed by atoms with Crippen LogP contribution in [0.1, 0.15) is 38.2 Å². The van der Waals surface area contributed by atoms with Gasteiger partial charge in [-0.25, -0.2) is 0 Å². The number of esters is 1. The molecule has 0 spiro atoms. The van der Waals surface area contributed by atoms with E-state index in [0.717, 1.165) is 69.7 Å². The molecule has 1 aliphatic heterocycles. The van der Waals surface area contributed by atoms with Gasteiger partial charge >= 0.3 is 5.97 Å². The number of halogens is 1. The van der Waals surface area contributed by atoms with Crippen LogP contribution in [-0.2, 0) is 19.7 Å². The summed E-state index contributed by atoms with van der Waals surface area (Å²) in [6, 6.07) is 15.2. The van der Waals surface area contributed by atoms with Crippen LogP contribution in [0.5, 0.6) is 0 Å². The molecule has 0 atom stereocenters. The summed E-state index contributed by atoms with van der Waals surface area (Å²) in [5.41, 5.74) is 2.07. The summed E-state index contributed by atoms with van der Waals surface area (Å²) in [6.07, 6.45) is 3.37. The minimum atomic E-state index is -0.686. The van der Waals surface area contributed by atoms with E-state index < -0.39 is 5.41 Å². The Kier molecular flexibility index (Phi) is 7.56. The first-order valence-electron chi connectivity index (χ1n) is 11.8. The van der Waals surface area contributed by atoms with Gasteiger partial charge in [-0.05, 0) is 61.3 Å². The van der Waals surface area contributed by atoms with E-state index in [1.54, 1.807) is 12.1 Å². The minimum absolute atomic E-state index is 0.297. The number of nitrogens with zero attached hydrogens (tertiary/aromatic N) is 2. The van der Waals surface area contributed by atoms with Crippen molar-refractivity contribution in [3.63, 3.8) is 0 Å². The van der Waals surface area contributed by atoms with Crippen LogP contribution in [0.3, 0.4) is 0 Å². The van der Waals surface area contributed by atoms with E-state index in [9.17, 15) is 9.59 Å². The zero-order chi connectivity index (χ0) is 23.3. The van der Waals surface area contributed by atoms with Crippen LogP contribution in [0.15, 0.2) is 48.5 Å². The molecule has 1 saturated heterocycles. The predicted octanol–water partition coefficient (Wildman–Crippen LogP) is 4.48. The van der Waals surface area contributed by atoms with Crippen molar-refractivity contribution in [3.05, 3.63) is 59.1 Å². The van der Waals surface area contributed by atoms with Crippen LogP contribution < -0.4 is 10.2 Å². The molecule has 1 heterocycles. The molecule has 0 radical (unpaired) electrons. The van der Waals surface area contributed by atoms with E-state index in [1.807, 2.05) is 36.4 Å². The number of hydrogen-bond acceptors (Lipinski definition) is 5. The number of rotatable bonds is 7. The summed E-state index contributed by atoms with van der Waals surface area (Å²) in [6.45, 7) is 7.13. The second-order valence-electron chi connectivity index (χ2n) is 8.89. The summed E-state index contributed by atoms with van der Waals surface area (Å²) < 4.78 is 5.49. The van der Waals surface area contributed by atoms with E-state index in [1.165, 1.54) is 0 Å². The average Bonchev–Trinajstić information content (AvgIpc) is 3.35. The first kappa shape index (κ1) is 23.6. The van der Waals surface area contributed by atoms with Gasteiger partial charge in [0.1, 0.15) is 0 Å². The Balaban J connectivity index is 1.30. The summed E-state index contributed by atoms with van der Waals surface area (Å²) in [5.74, 6) is -0.670. The van der Waals surface area contributed by atoms with E-state index >= 15 is 0 Å². The number of carbonyl (C=O) groups excluding carboxylic acids is 2. The van der Waals surface area contributed by atoms with Crippen molar-refractivity contribution in [1.82, 2.24) is 4.90 Å². The molecule has 0 bridgehead atoms. The van der Waals surface area contributed by atoms with Gasteiger partial charge in [-0.2, -0.15) is 0 Å². The normalized spacial score (nSPS) is 18.2. The van der Waals surface area contributed by atoms with Crippen LogP contribution in [0.4, 0.5) is 11.4 Å². The fourth-order valence-corrected chi connectivity index (χ4v) is 5.03. The van der Waals surface area contributed by atoms with Crippen molar-refractivity contribution in [2.24, 2.45) is 0 Å². The monoisotopic (exact) mass is 469 g/mol. The number of piperazine rings is 1. The third kappa shape index (κ3) is 5.50. The van der Waals surface area contributed by atoms with E-state index in [0.29, 0.717) is 10.7 Å². The first-order valence-corrected chi connectivity index (χ1v) is 12.2. The Morgan fingerprint density at radius 1 is 0.970 bits per heavy atom. The number of hydrogen-bond donors (Lipinski definition) is 1. The second kappa shape index (κ2) is 10.6. The van der Waals surface area contributed by atoms with Gasteiger partial charge in [0.25, 0.3) is 5.91 Å². The topological polar surface area (TPSA) is 61.9 Å². The molecule has 2 aliphatic rings. The van der Waals surface area contributed by atoms with Crippen LogP contribution in [-0.4, -0.2) is 56.1 Å². The van der Waals surface area contributed by atoms with Crippen molar-refractivity contribution < 1.29 is 14.3 Å². The summed E-state index contributed by atoms with van der Waals surface area (Å²) in [5, 5.41) is 3.47. The van der Waals surface area contributed by atoms with Crippen LogP contribution in [0.2, 0.25) is 5.02 Å². The molecule has 1 amide bonds. The van der Waals surface area contributed by atoms with Crippen molar-refractivity contribution in [2.75, 3.05) is 49.5 Å². The van der Waals surface area contributed by atoms with E-state index in [-0.39, 0.29) is 18.5 Å². The van der Waals surface area contributed by atoms with Crippen molar-refractivity contribution >= 4 is 34.9 Å². The fraction of sp³-hybridized carbons (Fsp3) is 0.462. The molecule has 0 unspecified atom stereocenters. The van der Waals surface area contributed by atoms with Crippen LogP contribution >= 0.6 is 11.6 Å². The Bertz CT molecular complexity index is 948. The Morgan fingerprint density at radius 3 is 2.21 bits per heavy atom. The number of nitrogens with one attached hydrogen (secondary N) is 1. The fourth-order valence-electron chi connectivity index (χ4n) is 4.90. The molecule has 2 aromatic carbocycles. The maximum atomic E-state index is 13.0. The maximum absolute atomic E-state index is 13.0. The smallest absolute Gasteiger partial charge is 0.317 e. The van der Waals surface area contributed by atoms with E-state index in [2.05, 4.69) is 22.0 Å². The third-order valence-corrected chi connectivity index (χ3v) is 7.17. The third-order valence-electron chi connectivity index (χ3n) is 6.91. The first-order chi connectivity index (χ1) is 16.0. The van der Waals surface area contributed by atoms with E-state index in [4.69, 9.17) is 16.3 Å². The van der Waals surface area contributed by atoms with Gasteiger partial charge in [-0.1, -0.05) is 43.5 Å². The molecule has 7 heteroatoms. The van der Waals surface area contributed by atoms with Gasteiger partial charge in [0, 0.05) is 42.6 Å². The largest absolute Gasteiger partial charge is 0.455 e. The maximum Gasteiger partial charge on any atom is 0.317 e. The SMILES string of the molecule is CCN1CCN(c2ccc(NC(=O)COC(=O)C3(c4ccc(Cl)cc4)CCCC3)cc2)CC1. The summed E-state index contributed by atoms with van der Waals surface area (Å²) >= 11 is 6.02. The Morgan fingerprint density at radius 2 is 1.61 bits per heavy atom. The highest BCUT2D eigenvalue weighted by molar-refractivity contribution is 6.30. The van der Waals surface area contributed by atoms with Crippen LogP contribution in [0, 0.1) is 0 Å². The van der Waals surface area contributed by atoms with Crippen molar-refractivity contribution in [2.45, 2.75) is 38.0 Å². The quantitative estimate of drug-likeness (QED) is 0.606. The minimum Gasteiger partial charge on any atom is -0.455 e. The number of ether oxygens (including phenoxy) is 1. The standard InChI is InChI=1S/C26H32ClN3O3/c1-2-29-15-17-30(18-16-29)23-11-9-22(10-12-23)28-24(31)19-33-25(32)26(13-3-4-14-26)20-5-7-21(27)8-6-20/h5-12H,2-4,13-19H2,1H3,(H,28,31). The molecule has 176 valence electrons. The molecular formula is C26H32ClN3O3. The molecule has 1 saturated carbocycles. The highest BCUT2D eigenvalue weighted by atomic mass is 35.5. The number of carbonyl (C=O) groups is 2. The van der Waals surface area contributed by atoms with Crippen molar-refractivity contribution in [1.29, 1.82) is 0 Å². The van der Waals surface area contributed by atoms with Gasteiger partial charge in [-0.3, -0.25) is 9.59 Å². The van der Waals surface area contributed by atoms with Gasteiger partial charge in [0.15, 0.2) is 6.61 Å². The Hall–Kier alpha value is -2.57. The predicted molar refractivity (Wildman–Crippen MR) is 132 cm³/mol. The molecule has 2 aromatic rings. The molecule has 6 nitrogen and oxygen atoms in total. The lowest BCUT2D eigenvalue weighted by molar-refractivity contribution is -0.153. The van der Waals surface area contributed by atoms with Gasteiger partial charge in [0.05, 0.1) is 5.41 Å². The van der Waals surface area contributed by atoms with Gasteiger partial charge in [-0.15, -0.1) is 0 Å². The molecule has 1 aliphatic carbocycles. The van der Waals surface area contributed by atoms with Crippen LogP contribution in [0.25, 0.3) is 0 Å². The molecule has 4 rings (SSSR count). The lowest BCUT2D eigenvalue weighted by Crippen LogP contribution is -2.46. The highest BCUT2D eigenvalue weighted by Gasteiger charge is 2.44. The summed E-state index contributed by atoms with van der Waals surface area (Å²) in [7, 11) is 0. The number of benzene rings is 2. The molecule has 33 heavy (non-hydrogen) atoms. The molecule has 1 N–H and O–H groups in total. The molecule has 0 aromatic heterocycles. The van der Waals surface area contributed by atoms with Gasteiger partial charge in [0.2, 0.25) is 0 Å². The number of likely N-dealkylation sites (N-methyl/N-ethyl adjacent to an activating group) is 1. The highest BCUT2D eigenvalue weighted by Crippen LogP contribution is 2.42. The molecular weight excluding hydrogens is 438 g/mol. The lowest BCUT2D eigenvalue weighted by Gasteiger charge is -2.35. The second-order valence-corrected chi connectivity index (χ2v) is 9.33.